The summed E-state index contributed by atoms with van der Waals surface area (Å²) in [6.45, 7) is 3.63. The second-order valence-corrected chi connectivity index (χ2v) is 10.3. The van der Waals surface area contributed by atoms with E-state index in [0.29, 0.717) is 21.8 Å². The molecule has 174 valence electrons. The van der Waals surface area contributed by atoms with Crippen molar-refractivity contribution in [2.24, 2.45) is 0 Å². The van der Waals surface area contributed by atoms with Crippen LogP contribution >= 0.6 is 11.3 Å². The zero-order chi connectivity index (χ0) is 23.8. The number of Topliss-reactive ketones (excluding diaryl/α,β-unsaturated/α-hetero) is 1. The predicted octanol–water partition coefficient (Wildman–Crippen LogP) is 4.20. The van der Waals surface area contributed by atoms with Crippen molar-refractivity contribution in [2.75, 3.05) is 5.32 Å². The Labute approximate surface area is 197 Å². The molecule has 1 heterocycles. The third kappa shape index (κ3) is 7.01. The van der Waals surface area contributed by atoms with Crippen LogP contribution in [0.4, 0.5) is 5.13 Å². The van der Waals surface area contributed by atoms with E-state index < -0.39 is 10.0 Å². The third-order valence-electron chi connectivity index (χ3n) is 4.94. The minimum Gasteiger partial charge on any atom is -0.296 e. The monoisotopic (exact) mass is 486 g/mol. The largest absolute Gasteiger partial charge is 0.296 e. The number of ketones is 1. The van der Waals surface area contributed by atoms with Crippen LogP contribution in [-0.2, 0) is 23.0 Å². The summed E-state index contributed by atoms with van der Waals surface area (Å²) in [7, 11) is -3.73. The molecule has 1 amide bonds. The molecule has 0 fully saturated rings. The molecule has 0 bridgehead atoms. The van der Waals surface area contributed by atoms with E-state index in [1.807, 2.05) is 0 Å². The average molecular weight is 487 g/mol. The van der Waals surface area contributed by atoms with Crippen molar-refractivity contribution in [1.29, 1.82) is 0 Å². The Morgan fingerprint density at radius 2 is 1.61 bits per heavy atom. The zero-order valence-electron chi connectivity index (χ0n) is 18.5. The highest BCUT2D eigenvalue weighted by Gasteiger charge is 2.15. The lowest BCUT2D eigenvalue weighted by Gasteiger charge is -2.08. The Morgan fingerprint density at radius 3 is 2.24 bits per heavy atom. The van der Waals surface area contributed by atoms with Gasteiger partial charge in [0.2, 0.25) is 15.2 Å². The van der Waals surface area contributed by atoms with Gasteiger partial charge in [-0.2, -0.15) is 0 Å². The van der Waals surface area contributed by atoms with E-state index >= 15 is 0 Å². The number of hydrogen-bond donors (Lipinski definition) is 2. The minimum absolute atomic E-state index is 0.0657. The summed E-state index contributed by atoms with van der Waals surface area (Å²) in [5.41, 5.74) is 1.58. The molecular formula is C23H26N4O4S2. The number of hydrogen-bond acceptors (Lipinski definition) is 7. The van der Waals surface area contributed by atoms with Crippen LogP contribution in [0.25, 0.3) is 0 Å². The van der Waals surface area contributed by atoms with E-state index in [9.17, 15) is 18.0 Å². The van der Waals surface area contributed by atoms with Gasteiger partial charge in [0.05, 0.1) is 4.90 Å². The maximum absolute atomic E-state index is 12.5. The number of nitrogens with one attached hydrogen (secondary N) is 2. The lowest BCUT2D eigenvalue weighted by molar-refractivity contribution is 0.101. The van der Waals surface area contributed by atoms with Gasteiger partial charge in [-0.15, -0.1) is 10.2 Å². The fraction of sp³-hybridized carbons (Fsp3) is 0.304. The van der Waals surface area contributed by atoms with Crippen LogP contribution in [0.15, 0.2) is 53.4 Å². The van der Waals surface area contributed by atoms with Gasteiger partial charge in [-0.1, -0.05) is 55.4 Å². The van der Waals surface area contributed by atoms with Gasteiger partial charge in [-0.3, -0.25) is 14.9 Å². The van der Waals surface area contributed by atoms with Crippen LogP contribution in [0.2, 0.25) is 0 Å². The first-order valence-electron chi connectivity index (χ1n) is 10.6. The van der Waals surface area contributed by atoms with Crippen LogP contribution in [-0.4, -0.2) is 30.3 Å². The normalized spacial score (nSPS) is 11.3. The number of benzene rings is 2. The summed E-state index contributed by atoms with van der Waals surface area (Å²) in [6.07, 6.45) is 4.17. The molecule has 0 saturated carbocycles. The van der Waals surface area contributed by atoms with Crippen molar-refractivity contribution in [2.45, 2.75) is 51.0 Å². The number of sulfonamides is 1. The maximum atomic E-state index is 12.5. The second-order valence-electron chi connectivity index (χ2n) is 7.51. The van der Waals surface area contributed by atoms with Gasteiger partial charge in [-0.05, 0) is 43.2 Å². The maximum Gasteiger partial charge on any atom is 0.257 e. The highest BCUT2D eigenvalue weighted by molar-refractivity contribution is 7.89. The fourth-order valence-electron chi connectivity index (χ4n) is 3.01. The molecular weight excluding hydrogens is 460 g/mol. The lowest BCUT2D eigenvalue weighted by Crippen LogP contribution is -2.23. The molecule has 0 radical (unpaired) electrons. The molecule has 0 aliphatic carbocycles. The van der Waals surface area contributed by atoms with Crippen molar-refractivity contribution in [1.82, 2.24) is 14.9 Å². The highest BCUT2D eigenvalue weighted by atomic mass is 32.2. The van der Waals surface area contributed by atoms with Crippen LogP contribution in [0.5, 0.6) is 0 Å². The number of carbonyl (C=O) groups excluding carboxylic acids is 2. The first-order valence-corrected chi connectivity index (χ1v) is 12.9. The van der Waals surface area contributed by atoms with Crippen molar-refractivity contribution in [3.63, 3.8) is 0 Å². The van der Waals surface area contributed by atoms with Crippen LogP contribution in [0, 0.1) is 0 Å². The number of rotatable bonds is 11. The van der Waals surface area contributed by atoms with Crippen molar-refractivity contribution < 1.29 is 18.0 Å². The molecule has 8 nitrogen and oxygen atoms in total. The molecule has 33 heavy (non-hydrogen) atoms. The number of nitrogens with zero attached hydrogens (tertiary/aromatic N) is 2. The molecule has 1 aromatic heterocycles. The molecule has 0 spiro atoms. The first-order chi connectivity index (χ1) is 15.8. The topological polar surface area (TPSA) is 118 Å². The third-order valence-corrected chi connectivity index (χ3v) is 7.25. The molecule has 3 aromatic rings. The number of aromatic nitrogens is 2. The Hall–Kier alpha value is -2.95. The van der Waals surface area contributed by atoms with Crippen LogP contribution in [0.3, 0.4) is 0 Å². The summed E-state index contributed by atoms with van der Waals surface area (Å²) >= 11 is 1.37. The van der Waals surface area contributed by atoms with Crippen molar-refractivity contribution in [3.05, 3.63) is 70.2 Å². The van der Waals surface area contributed by atoms with Gasteiger partial charge in [0.25, 0.3) is 5.91 Å². The Bertz CT molecular complexity index is 1200. The molecule has 2 N–H and O–H groups in total. The molecule has 0 aliphatic heterocycles. The Morgan fingerprint density at radius 1 is 0.939 bits per heavy atom. The Kier molecular flexibility index (Phi) is 8.43. The molecule has 0 saturated heterocycles. The first kappa shape index (κ1) is 24.7. The minimum atomic E-state index is -3.73. The highest BCUT2D eigenvalue weighted by Crippen LogP contribution is 2.19. The fourth-order valence-corrected chi connectivity index (χ4v) is 4.80. The van der Waals surface area contributed by atoms with Gasteiger partial charge in [-0.25, -0.2) is 13.1 Å². The SMILES string of the molecule is CCCCCc1nnc(NC(=O)c2ccc(CNS(=O)(=O)c3ccc(C(C)=O)cc3)cc2)s1. The summed E-state index contributed by atoms with van der Waals surface area (Å²) < 4.78 is 27.5. The summed E-state index contributed by atoms with van der Waals surface area (Å²) in [5.74, 6) is -0.432. The van der Waals surface area contributed by atoms with E-state index in [2.05, 4.69) is 27.2 Å². The Balaban J connectivity index is 1.55. The molecule has 0 aliphatic rings. The number of unbranched alkanes of at least 4 members (excludes halogenated alkanes) is 2. The number of aryl methyl sites for hydroxylation is 1. The molecule has 2 aromatic carbocycles. The van der Waals surface area contributed by atoms with Gasteiger partial charge < -0.3 is 0 Å². The van der Waals surface area contributed by atoms with E-state index in [4.69, 9.17) is 0 Å². The van der Waals surface area contributed by atoms with Crippen molar-refractivity contribution in [3.8, 4) is 0 Å². The van der Waals surface area contributed by atoms with E-state index in [1.54, 1.807) is 24.3 Å². The smallest absolute Gasteiger partial charge is 0.257 e. The van der Waals surface area contributed by atoms with Crippen LogP contribution in [0.1, 0.15) is 64.4 Å². The van der Waals surface area contributed by atoms with Crippen molar-refractivity contribution >= 4 is 38.2 Å². The summed E-state index contributed by atoms with van der Waals surface area (Å²) in [5, 5.41) is 12.2. The number of anilines is 1. The van der Waals surface area contributed by atoms with Crippen LogP contribution < -0.4 is 10.0 Å². The van der Waals surface area contributed by atoms with E-state index in [0.717, 1.165) is 30.7 Å². The molecule has 3 rings (SSSR count). The van der Waals surface area contributed by atoms with Gasteiger partial charge in [0, 0.05) is 24.1 Å². The number of amides is 1. The van der Waals surface area contributed by atoms with Gasteiger partial charge in [0.15, 0.2) is 5.78 Å². The van der Waals surface area contributed by atoms with E-state index in [-0.39, 0.29) is 23.1 Å². The summed E-state index contributed by atoms with van der Waals surface area (Å²) in [6, 6.07) is 12.4. The second kappa shape index (κ2) is 11.3. The molecule has 0 atom stereocenters. The van der Waals surface area contributed by atoms with Gasteiger partial charge >= 0.3 is 0 Å². The average Bonchev–Trinajstić information content (AvgIpc) is 3.25. The predicted molar refractivity (Wildman–Crippen MR) is 128 cm³/mol. The number of carbonyl (C=O) groups is 2. The van der Waals surface area contributed by atoms with Gasteiger partial charge in [0.1, 0.15) is 5.01 Å². The lowest BCUT2D eigenvalue weighted by atomic mass is 10.1. The van der Waals surface area contributed by atoms with E-state index in [1.165, 1.54) is 42.5 Å². The molecule has 10 heteroatoms. The zero-order valence-corrected chi connectivity index (χ0v) is 20.1. The molecule has 0 unspecified atom stereocenters. The quantitative estimate of drug-likeness (QED) is 0.310. The standard InChI is InChI=1S/C23H26N4O4S2/c1-3-4-5-6-21-26-27-23(32-21)25-22(29)19-9-7-17(8-10-19)15-24-33(30,31)20-13-11-18(12-14-20)16(2)28/h7-14,24H,3-6,15H2,1-2H3,(H,25,27,29). The summed E-state index contributed by atoms with van der Waals surface area (Å²) in [4.78, 5) is 23.9.